The molecule has 0 aromatic heterocycles. The second kappa shape index (κ2) is 6.35. The van der Waals surface area contributed by atoms with E-state index in [4.69, 9.17) is 38.4 Å². The van der Waals surface area contributed by atoms with Gasteiger partial charge in [0.25, 0.3) is 0 Å². The molecule has 3 nitrogen and oxygen atoms in total. The Hall–Kier alpha value is -1.42. The van der Waals surface area contributed by atoms with E-state index in [2.05, 4.69) is 0 Å². The van der Waals surface area contributed by atoms with Crippen LogP contribution in [0.5, 0.6) is 11.5 Å². The molecular weight excluding hydrogens is 297 g/mol. The summed E-state index contributed by atoms with van der Waals surface area (Å²) in [4.78, 5) is 0. The van der Waals surface area contributed by atoms with Crippen LogP contribution >= 0.6 is 23.2 Å². The summed E-state index contributed by atoms with van der Waals surface area (Å²) in [7, 11) is 3.18. The molecule has 5 heteroatoms. The molecule has 0 spiro atoms. The predicted octanol–water partition coefficient (Wildman–Crippen LogP) is 4.14. The first-order valence-corrected chi connectivity index (χ1v) is 6.76. The van der Waals surface area contributed by atoms with E-state index in [1.54, 1.807) is 20.3 Å². The van der Waals surface area contributed by atoms with Gasteiger partial charge >= 0.3 is 0 Å². The van der Waals surface area contributed by atoms with Crippen molar-refractivity contribution in [3.8, 4) is 22.6 Å². The van der Waals surface area contributed by atoms with E-state index >= 15 is 0 Å². The highest BCUT2D eigenvalue weighted by Crippen LogP contribution is 2.37. The molecule has 0 heterocycles. The van der Waals surface area contributed by atoms with Gasteiger partial charge < -0.3 is 15.2 Å². The molecule has 20 heavy (non-hydrogen) atoms. The molecule has 106 valence electrons. The van der Waals surface area contributed by atoms with E-state index < -0.39 is 0 Å². The number of rotatable bonds is 4. The Balaban J connectivity index is 2.65. The molecule has 2 aromatic carbocycles. The summed E-state index contributed by atoms with van der Waals surface area (Å²) in [5, 5.41) is 1.15. The number of halogens is 2. The molecule has 0 atom stereocenters. The number of ether oxygens (including phenoxy) is 2. The number of benzene rings is 2. The first-order chi connectivity index (χ1) is 9.58. The zero-order chi connectivity index (χ0) is 14.7. The third-order valence-electron chi connectivity index (χ3n) is 3.00. The Morgan fingerprint density at radius 2 is 1.45 bits per heavy atom. The lowest BCUT2D eigenvalue weighted by molar-refractivity contribution is 0.354. The SMILES string of the molecule is COc1cc(CN)c(-c2cc(Cl)cc(Cl)c2)cc1OC. The summed E-state index contributed by atoms with van der Waals surface area (Å²) in [5.41, 5.74) is 8.57. The van der Waals surface area contributed by atoms with Crippen molar-refractivity contribution >= 4 is 23.2 Å². The Morgan fingerprint density at radius 1 is 0.900 bits per heavy atom. The third kappa shape index (κ3) is 3.01. The summed E-state index contributed by atoms with van der Waals surface area (Å²) in [6.45, 7) is 0.375. The number of hydrogen-bond acceptors (Lipinski definition) is 3. The molecule has 0 bridgehead atoms. The minimum Gasteiger partial charge on any atom is -0.493 e. The lowest BCUT2D eigenvalue weighted by Crippen LogP contribution is -2.01. The molecule has 2 rings (SSSR count). The van der Waals surface area contributed by atoms with Crippen molar-refractivity contribution in [1.82, 2.24) is 0 Å². The third-order valence-corrected chi connectivity index (χ3v) is 3.44. The van der Waals surface area contributed by atoms with Gasteiger partial charge in [-0.25, -0.2) is 0 Å². The maximum atomic E-state index is 6.06. The van der Waals surface area contributed by atoms with Gasteiger partial charge in [0.05, 0.1) is 14.2 Å². The van der Waals surface area contributed by atoms with E-state index in [1.807, 2.05) is 24.3 Å². The van der Waals surface area contributed by atoms with Gasteiger partial charge in [-0.05, 0) is 47.0 Å². The van der Waals surface area contributed by atoms with Crippen molar-refractivity contribution in [2.75, 3.05) is 14.2 Å². The largest absolute Gasteiger partial charge is 0.493 e. The molecule has 0 saturated heterocycles. The summed E-state index contributed by atoms with van der Waals surface area (Å²) < 4.78 is 10.6. The number of hydrogen-bond donors (Lipinski definition) is 1. The van der Waals surface area contributed by atoms with Gasteiger partial charge in [-0.1, -0.05) is 23.2 Å². The Morgan fingerprint density at radius 3 is 1.95 bits per heavy atom. The lowest BCUT2D eigenvalue weighted by atomic mass is 9.99. The molecule has 0 radical (unpaired) electrons. The molecule has 0 unspecified atom stereocenters. The van der Waals surface area contributed by atoms with Crippen molar-refractivity contribution in [3.05, 3.63) is 45.9 Å². The Kier molecular flexibility index (Phi) is 4.76. The topological polar surface area (TPSA) is 44.5 Å². The summed E-state index contributed by atoms with van der Waals surface area (Å²) in [5.74, 6) is 1.28. The van der Waals surface area contributed by atoms with E-state index in [9.17, 15) is 0 Å². The van der Waals surface area contributed by atoms with E-state index in [0.717, 1.165) is 16.7 Å². The monoisotopic (exact) mass is 311 g/mol. The first-order valence-electron chi connectivity index (χ1n) is 6.00. The van der Waals surface area contributed by atoms with E-state index in [-0.39, 0.29) is 0 Å². The molecule has 0 aliphatic rings. The van der Waals surface area contributed by atoms with Crippen molar-refractivity contribution in [1.29, 1.82) is 0 Å². The van der Waals surface area contributed by atoms with Gasteiger partial charge in [-0.2, -0.15) is 0 Å². The lowest BCUT2D eigenvalue weighted by Gasteiger charge is -2.14. The van der Waals surface area contributed by atoms with Gasteiger partial charge in [-0.15, -0.1) is 0 Å². The van der Waals surface area contributed by atoms with Gasteiger partial charge in [0, 0.05) is 16.6 Å². The molecule has 0 aliphatic carbocycles. The fraction of sp³-hybridized carbons (Fsp3) is 0.200. The van der Waals surface area contributed by atoms with Crippen LogP contribution in [0.4, 0.5) is 0 Å². The zero-order valence-corrected chi connectivity index (χ0v) is 12.8. The quantitative estimate of drug-likeness (QED) is 0.923. The fourth-order valence-corrected chi connectivity index (χ4v) is 2.59. The molecule has 0 amide bonds. The normalized spacial score (nSPS) is 10.4. The predicted molar refractivity (Wildman–Crippen MR) is 82.9 cm³/mol. The van der Waals surface area contributed by atoms with Crippen LogP contribution in [0.15, 0.2) is 30.3 Å². The van der Waals surface area contributed by atoms with Gasteiger partial charge in [-0.3, -0.25) is 0 Å². The van der Waals surface area contributed by atoms with Crippen molar-refractivity contribution < 1.29 is 9.47 Å². The highest BCUT2D eigenvalue weighted by molar-refractivity contribution is 6.35. The van der Waals surface area contributed by atoms with Crippen LogP contribution in [0.2, 0.25) is 10.0 Å². The summed E-state index contributed by atoms with van der Waals surface area (Å²) >= 11 is 12.1. The molecule has 2 aromatic rings. The smallest absolute Gasteiger partial charge is 0.161 e. The van der Waals surface area contributed by atoms with Crippen LogP contribution in [-0.4, -0.2) is 14.2 Å². The van der Waals surface area contributed by atoms with Crippen LogP contribution in [0, 0.1) is 0 Å². The molecular formula is C15H15Cl2NO2. The average molecular weight is 312 g/mol. The van der Waals surface area contributed by atoms with Gasteiger partial charge in [0.15, 0.2) is 11.5 Å². The van der Waals surface area contributed by atoms with Crippen molar-refractivity contribution in [2.45, 2.75) is 6.54 Å². The Labute approximate surface area is 128 Å². The molecule has 0 saturated carbocycles. The second-order valence-corrected chi connectivity index (χ2v) is 5.10. The number of methoxy groups -OCH3 is 2. The minimum absolute atomic E-state index is 0.375. The van der Waals surface area contributed by atoms with Gasteiger partial charge in [0.1, 0.15) is 0 Å². The highest BCUT2D eigenvalue weighted by atomic mass is 35.5. The summed E-state index contributed by atoms with van der Waals surface area (Å²) in [6, 6.07) is 9.11. The molecule has 2 N–H and O–H groups in total. The van der Waals surface area contributed by atoms with Crippen molar-refractivity contribution in [2.24, 2.45) is 5.73 Å². The van der Waals surface area contributed by atoms with Crippen LogP contribution in [0.3, 0.4) is 0 Å². The zero-order valence-electron chi connectivity index (χ0n) is 11.2. The van der Waals surface area contributed by atoms with Gasteiger partial charge in [0.2, 0.25) is 0 Å². The molecule has 0 fully saturated rings. The maximum Gasteiger partial charge on any atom is 0.161 e. The molecule has 0 aliphatic heterocycles. The van der Waals surface area contributed by atoms with Crippen molar-refractivity contribution in [3.63, 3.8) is 0 Å². The van der Waals surface area contributed by atoms with Crippen LogP contribution in [0.25, 0.3) is 11.1 Å². The second-order valence-electron chi connectivity index (χ2n) is 4.23. The Bertz CT molecular complexity index is 609. The summed E-state index contributed by atoms with van der Waals surface area (Å²) in [6.07, 6.45) is 0. The van der Waals surface area contributed by atoms with Crippen LogP contribution < -0.4 is 15.2 Å². The van der Waals surface area contributed by atoms with Crippen LogP contribution in [-0.2, 0) is 6.54 Å². The van der Waals surface area contributed by atoms with E-state index in [0.29, 0.717) is 28.1 Å². The average Bonchev–Trinajstić information content (AvgIpc) is 2.44. The standard InChI is InChI=1S/C15H15Cl2NO2/c1-19-14-5-10(8-18)13(7-15(14)20-2)9-3-11(16)6-12(17)4-9/h3-7H,8,18H2,1-2H3. The number of nitrogens with two attached hydrogens (primary N) is 1. The highest BCUT2D eigenvalue weighted by Gasteiger charge is 2.12. The fourth-order valence-electron chi connectivity index (χ4n) is 2.07. The van der Waals surface area contributed by atoms with Crippen LogP contribution in [0.1, 0.15) is 5.56 Å². The maximum absolute atomic E-state index is 6.06. The first kappa shape index (κ1) is 15.0. The minimum atomic E-state index is 0.375. The van der Waals surface area contributed by atoms with E-state index in [1.165, 1.54) is 0 Å².